The highest BCUT2D eigenvalue weighted by Gasteiger charge is 2.18. The number of hydrogen-bond acceptors (Lipinski definition) is 4. The smallest absolute Gasteiger partial charge is 0.326 e. The van der Waals surface area contributed by atoms with Gasteiger partial charge in [-0.2, -0.15) is 0 Å². The molecule has 2 N–H and O–H groups in total. The lowest BCUT2D eigenvalue weighted by molar-refractivity contribution is -0.140. The molecule has 6 heteroatoms. The van der Waals surface area contributed by atoms with E-state index in [4.69, 9.17) is 9.84 Å². The van der Waals surface area contributed by atoms with Crippen LogP contribution in [0.15, 0.2) is 18.3 Å². The van der Waals surface area contributed by atoms with Crippen molar-refractivity contribution in [3.05, 3.63) is 23.9 Å². The number of amides is 1. The maximum Gasteiger partial charge on any atom is 0.326 e. The Morgan fingerprint density at radius 3 is 3.06 bits per heavy atom. The minimum Gasteiger partial charge on any atom is -0.481 e. The fraction of sp³-hybridized carbons (Fsp3) is 0.300. The molecule has 0 spiro atoms. The third-order valence-corrected chi connectivity index (χ3v) is 2.03. The van der Waals surface area contributed by atoms with E-state index < -0.39 is 12.0 Å². The van der Waals surface area contributed by atoms with Crippen LogP contribution in [0.25, 0.3) is 0 Å². The van der Waals surface area contributed by atoms with Gasteiger partial charge in [0.1, 0.15) is 6.04 Å². The molecule has 1 aromatic rings. The molecule has 1 atom stereocenters. The second kappa shape index (κ2) is 5.69. The van der Waals surface area contributed by atoms with Gasteiger partial charge < -0.3 is 15.2 Å². The number of aromatic nitrogens is 1. The molecule has 6 nitrogen and oxygen atoms in total. The first-order chi connectivity index (χ1) is 7.69. The number of aliphatic carboxylic acids is 1. The molecule has 0 aromatic carbocycles. The zero-order valence-electron chi connectivity index (χ0n) is 8.71. The van der Waals surface area contributed by atoms with E-state index in [1.165, 1.54) is 7.11 Å². The molecule has 1 rings (SSSR count). The number of pyridine rings is 1. The Bertz CT molecular complexity index is 381. The summed E-state index contributed by atoms with van der Waals surface area (Å²) in [4.78, 5) is 25.0. The Labute approximate surface area is 92.3 Å². The van der Waals surface area contributed by atoms with Crippen LogP contribution in [0.3, 0.4) is 0 Å². The van der Waals surface area contributed by atoms with Gasteiger partial charge in [0.05, 0.1) is 7.11 Å². The summed E-state index contributed by atoms with van der Waals surface area (Å²) in [5.41, 5.74) is 0.631. The molecule has 1 aromatic heterocycles. The number of nitrogens with one attached hydrogen (secondary N) is 1. The van der Waals surface area contributed by atoms with Gasteiger partial charge in [-0.05, 0) is 6.07 Å². The summed E-state index contributed by atoms with van der Waals surface area (Å²) in [6, 6.07) is 2.40. The van der Waals surface area contributed by atoms with E-state index in [9.17, 15) is 9.59 Å². The fourth-order valence-electron chi connectivity index (χ4n) is 1.28. The lowest BCUT2D eigenvalue weighted by atomic mass is 10.1. The number of carboxylic acids is 1. The van der Waals surface area contributed by atoms with Crippen molar-refractivity contribution in [2.45, 2.75) is 12.5 Å². The SMILES string of the molecule is COc1ncccc1CC(NC=O)C(=O)O. The van der Waals surface area contributed by atoms with Crippen molar-refractivity contribution in [3.8, 4) is 5.88 Å². The Hall–Kier alpha value is -2.11. The van der Waals surface area contributed by atoms with Crippen molar-refractivity contribution in [2.75, 3.05) is 7.11 Å². The van der Waals surface area contributed by atoms with Crippen LogP contribution < -0.4 is 10.1 Å². The summed E-state index contributed by atoms with van der Waals surface area (Å²) >= 11 is 0. The highest BCUT2D eigenvalue weighted by molar-refractivity contribution is 5.76. The summed E-state index contributed by atoms with van der Waals surface area (Å²) in [5.74, 6) is -0.737. The first-order valence-corrected chi connectivity index (χ1v) is 4.59. The van der Waals surface area contributed by atoms with E-state index in [-0.39, 0.29) is 6.42 Å². The van der Waals surface area contributed by atoms with Crippen LogP contribution in [0.2, 0.25) is 0 Å². The predicted molar refractivity (Wildman–Crippen MR) is 55.1 cm³/mol. The van der Waals surface area contributed by atoms with E-state index in [1.807, 2.05) is 0 Å². The van der Waals surface area contributed by atoms with Crippen LogP contribution >= 0.6 is 0 Å². The number of nitrogens with zero attached hydrogens (tertiary/aromatic N) is 1. The van der Waals surface area contributed by atoms with E-state index in [0.29, 0.717) is 17.9 Å². The fourth-order valence-corrected chi connectivity index (χ4v) is 1.28. The minimum absolute atomic E-state index is 0.130. The predicted octanol–water partition coefficient (Wildman–Crippen LogP) is -0.168. The molecule has 0 aliphatic heterocycles. The van der Waals surface area contributed by atoms with Crippen molar-refractivity contribution < 1.29 is 19.4 Å². The Morgan fingerprint density at radius 1 is 1.75 bits per heavy atom. The zero-order chi connectivity index (χ0) is 12.0. The van der Waals surface area contributed by atoms with Crippen LogP contribution in [0.1, 0.15) is 5.56 Å². The van der Waals surface area contributed by atoms with Gasteiger partial charge in [-0.1, -0.05) is 6.07 Å². The molecular formula is C10H12N2O4. The quantitative estimate of drug-likeness (QED) is 0.655. The maximum absolute atomic E-state index is 10.8. The summed E-state index contributed by atoms with van der Waals surface area (Å²) in [5, 5.41) is 11.1. The topological polar surface area (TPSA) is 88.5 Å². The van der Waals surface area contributed by atoms with Crippen molar-refractivity contribution in [3.63, 3.8) is 0 Å². The maximum atomic E-state index is 10.8. The number of carbonyl (C=O) groups is 2. The van der Waals surface area contributed by atoms with E-state index in [0.717, 1.165) is 0 Å². The number of methoxy groups -OCH3 is 1. The number of carboxylic acid groups (broad SMARTS) is 1. The standard InChI is InChI=1S/C10H12N2O4/c1-16-9-7(3-2-4-11-9)5-8(10(14)15)12-6-13/h2-4,6,8H,5H2,1H3,(H,12,13)(H,14,15). The molecule has 0 saturated heterocycles. The summed E-state index contributed by atoms with van der Waals surface area (Å²) in [6.45, 7) is 0. The molecule has 0 saturated carbocycles. The second-order valence-corrected chi connectivity index (χ2v) is 3.05. The third kappa shape index (κ3) is 2.94. The number of ether oxygens (including phenoxy) is 1. The van der Waals surface area contributed by atoms with Crippen molar-refractivity contribution >= 4 is 12.4 Å². The first kappa shape index (κ1) is 12.0. The highest BCUT2D eigenvalue weighted by atomic mass is 16.5. The van der Waals surface area contributed by atoms with Gasteiger partial charge in [0.2, 0.25) is 12.3 Å². The monoisotopic (exact) mass is 224 g/mol. The summed E-state index contributed by atoms with van der Waals surface area (Å²) in [6.07, 6.45) is 2.04. The molecule has 86 valence electrons. The van der Waals surface area contributed by atoms with Crippen molar-refractivity contribution in [1.82, 2.24) is 10.3 Å². The molecule has 0 aliphatic carbocycles. The van der Waals surface area contributed by atoms with Gasteiger partial charge in [0.15, 0.2) is 0 Å². The number of hydrogen-bond donors (Lipinski definition) is 2. The first-order valence-electron chi connectivity index (χ1n) is 4.59. The molecule has 0 fully saturated rings. The van der Waals surface area contributed by atoms with E-state index in [2.05, 4.69) is 10.3 Å². The lowest BCUT2D eigenvalue weighted by Crippen LogP contribution is -2.37. The Morgan fingerprint density at radius 2 is 2.50 bits per heavy atom. The number of rotatable bonds is 6. The largest absolute Gasteiger partial charge is 0.481 e. The van der Waals surface area contributed by atoms with Gasteiger partial charge in [-0.25, -0.2) is 9.78 Å². The van der Waals surface area contributed by atoms with Crippen LogP contribution in [0.5, 0.6) is 5.88 Å². The van der Waals surface area contributed by atoms with Gasteiger partial charge in [-0.3, -0.25) is 4.79 Å². The molecule has 1 heterocycles. The molecule has 1 amide bonds. The van der Waals surface area contributed by atoms with Crippen molar-refractivity contribution in [1.29, 1.82) is 0 Å². The zero-order valence-corrected chi connectivity index (χ0v) is 8.71. The molecule has 0 radical (unpaired) electrons. The van der Waals surface area contributed by atoms with E-state index >= 15 is 0 Å². The molecule has 16 heavy (non-hydrogen) atoms. The average molecular weight is 224 g/mol. The van der Waals surface area contributed by atoms with Gasteiger partial charge in [0, 0.05) is 18.2 Å². The third-order valence-electron chi connectivity index (χ3n) is 2.03. The minimum atomic E-state index is -1.10. The van der Waals surface area contributed by atoms with Crippen molar-refractivity contribution in [2.24, 2.45) is 0 Å². The van der Waals surface area contributed by atoms with Gasteiger partial charge in [0.25, 0.3) is 0 Å². The van der Waals surface area contributed by atoms with Crippen LogP contribution in [0.4, 0.5) is 0 Å². The van der Waals surface area contributed by atoms with Crippen LogP contribution in [-0.2, 0) is 16.0 Å². The van der Waals surface area contributed by atoms with Crippen LogP contribution in [-0.4, -0.2) is 35.6 Å². The lowest BCUT2D eigenvalue weighted by Gasteiger charge is -2.12. The second-order valence-electron chi connectivity index (χ2n) is 3.05. The summed E-state index contributed by atoms with van der Waals surface area (Å²) in [7, 11) is 1.45. The summed E-state index contributed by atoms with van der Waals surface area (Å²) < 4.78 is 4.98. The van der Waals surface area contributed by atoms with E-state index in [1.54, 1.807) is 18.3 Å². The molecule has 0 aliphatic rings. The highest BCUT2D eigenvalue weighted by Crippen LogP contribution is 2.15. The normalized spacial score (nSPS) is 11.6. The molecular weight excluding hydrogens is 212 g/mol. The van der Waals surface area contributed by atoms with Gasteiger partial charge in [-0.15, -0.1) is 0 Å². The number of carbonyl (C=O) groups excluding carboxylic acids is 1. The van der Waals surface area contributed by atoms with Crippen LogP contribution in [0, 0.1) is 0 Å². The average Bonchev–Trinajstić information content (AvgIpc) is 2.29. The van der Waals surface area contributed by atoms with Gasteiger partial charge >= 0.3 is 5.97 Å². The molecule has 0 bridgehead atoms. The Balaban J connectivity index is 2.84. The Kier molecular flexibility index (Phi) is 4.26. The molecule has 1 unspecified atom stereocenters.